The molecule has 0 aromatic rings. The molecule has 1 aliphatic carbocycles. The zero-order valence-corrected chi connectivity index (χ0v) is 8.91. The fourth-order valence-electron chi connectivity index (χ4n) is 2.01. The molecule has 0 radical (unpaired) electrons. The van der Waals surface area contributed by atoms with Gasteiger partial charge in [-0.1, -0.05) is 27.2 Å². The molecule has 0 aromatic carbocycles. The van der Waals surface area contributed by atoms with Crippen molar-refractivity contribution in [3.63, 3.8) is 0 Å². The fourth-order valence-corrected chi connectivity index (χ4v) is 3.18. The predicted octanol–water partition coefficient (Wildman–Crippen LogP) is 3.86. The normalized spacial score (nSPS) is 34.4. The van der Waals surface area contributed by atoms with E-state index in [1.165, 1.54) is 12.8 Å². The lowest BCUT2D eigenvalue weighted by atomic mass is 10.1. The molecule has 0 aromatic heterocycles. The Morgan fingerprint density at radius 2 is 1.91 bits per heavy atom. The van der Waals surface area contributed by atoms with Gasteiger partial charge < -0.3 is 0 Å². The van der Waals surface area contributed by atoms with Crippen LogP contribution in [0.4, 0.5) is 0 Å². The third-order valence-corrected chi connectivity index (χ3v) is 3.65. The Bertz CT molecular complexity index is 140. The van der Waals surface area contributed by atoms with Crippen LogP contribution in [0.25, 0.3) is 0 Å². The summed E-state index contributed by atoms with van der Waals surface area (Å²) >= 11 is 12.2. The SMILES string of the molecule is CCCC1C(C(C)C)C1(Cl)Cl. The molecule has 0 bridgehead atoms. The van der Waals surface area contributed by atoms with Gasteiger partial charge in [0, 0.05) is 5.92 Å². The first-order valence-electron chi connectivity index (χ1n) is 4.39. The Kier molecular flexibility index (Phi) is 2.76. The highest BCUT2D eigenvalue weighted by atomic mass is 35.5. The van der Waals surface area contributed by atoms with Crippen LogP contribution in [0.5, 0.6) is 0 Å². The van der Waals surface area contributed by atoms with Crippen LogP contribution < -0.4 is 0 Å². The van der Waals surface area contributed by atoms with Crippen LogP contribution in [0.1, 0.15) is 33.6 Å². The summed E-state index contributed by atoms with van der Waals surface area (Å²) in [6.45, 7) is 6.57. The second kappa shape index (κ2) is 3.14. The van der Waals surface area contributed by atoms with Crippen LogP contribution in [0.15, 0.2) is 0 Å². The molecule has 2 heteroatoms. The number of hydrogen-bond acceptors (Lipinski definition) is 0. The minimum Gasteiger partial charge on any atom is -0.101 e. The molecule has 66 valence electrons. The Balaban J connectivity index is 2.47. The molecule has 0 heterocycles. The van der Waals surface area contributed by atoms with Gasteiger partial charge in [-0.3, -0.25) is 0 Å². The Hall–Kier alpha value is 0.580. The maximum atomic E-state index is 6.11. The average Bonchev–Trinajstić information content (AvgIpc) is 2.35. The molecule has 1 fully saturated rings. The maximum absolute atomic E-state index is 6.11. The molecule has 11 heavy (non-hydrogen) atoms. The van der Waals surface area contributed by atoms with E-state index in [2.05, 4.69) is 20.8 Å². The zero-order valence-electron chi connectivity index (χ0n) is 7.40. The van der Waals surface area contributed by atoms with Gasteiger partial charge in [-0.05, 0) is 18.3 Å². The molecular formula is C9H16Cl2. The van der Waals surface area contributed by atoms with Crippen LogP contribution in [-0.2, 0) is 0 Å². The van der Waals surface area contributed by atoms with Crippen molar-refractivity contribution in [1.82, 2.24) is 0 Å². The molecule has 1 saturated carbocycles. The molecular weight excluding hydrogens is 179 g/mol. The van der Waals surface area contributed by atoms with Crippen molar-refractivity contribution in [1.29, 1.82) is 0 Å². The molecule has 1 aliphatic rings. The third kappa shape index (κ3) is 1.67. The van der Waals surface area contributed by atoms with Crippen LogP contribution in [0.3, 0.4) is 0 Å². The molecule has 0 N–H and O–H groups in total. The van der Waals surface area contributed by atoms with E-state index in [-0.39, 0.29) is 0 Å². The Morgan fingerprint density at radius 1 is 1.36 bits per heavy atom. The lowest BCUT2D eigenvalue weighted by Gasteiger charge is -2.01. The highest BCUT2D eigenvalue weighted by Gasteiger charge is 2.62. The van der Waals surface area contributed by atoms with E-state index in [4.69, 9.17) is 23.2 Å². The van der Waals surface area contributed by atoms with Gasteiger partial charge in [-0.25, -0.2) is 0 Å². The van der Waals surface area contributed by atoms with Crippen molar-refractivity contribution < 1.29 is 0 Å². The highest BCUT2D eigenvalue weighted by molar-refractivity contribution is 6.51. The van der Waals surface area contributed by atoms with E-state index in [0.717, 1.165) is 0 Å². The second-order valence-corrected chi connectivity index (χ2v) is 5.28. The molecule has 0 spiro atoms. The van der Waals surface area contributed by atoms with Crippen molar-refractivity contribution in [2.75, 3.05) is 0 Å². The third-order valence-electron chi connectivity index (χ3n) is 2.58. The monoisotopic (exact) mass is 194 g/mol. The standard InChI is InChI=1S/C9H16Cl2/c1-4-5-7-8(6(2)3)9(7,10)11/h6-8H,4-5H2,1-3H3. The van der Waals surface area contributed by atoms with E-state index < -0.39 is 4.33 Å². The first-order valence-corrected chi connectivity index (χ1v) is 5.15. The van der Waals surface area contributed by atoms with Crippen molar-refractivity contribution >= 4 is 23.2 Å². The molecule has 1 rings (SSSR count). The summed E-state index contributed by atoms with van der Waals surface area (Å²) in [6.07, 6.45) is 2.37. The van der Waals surface area contributed by atoms with Gasteiger partial charge in [0.15, 0.2) is 0 Å². The average molecular weight is 195 g/mol. The van der Waals surface area contributed by atoms with Crippen molar-refractivity contribution in [3.05, 3.63) is 0 Å². The number of rotatable bonds is 3. The van der Waals surface area contributed by atoms with Crippen LogP contribution >= 0.6 is 23.2 Å². The van der Waals surface area contributed by atoms with Crippen LogP contribution in [0.2, 0.25) is 0 Å². The topological polar surface area (TPSA) is 0 Å². The Labute approximate surface area is 79.3 Å². The summed E-state index contributed by atoms with van der Waals surface area (Å²) in [5.74, 6) is 1.71. The van der Waals surface area contributed by atoms with Crippen LogP contribution in [-0.4, -0.2) is 4.33 Å². The smallest absolute Gasteiger partial charge is 0.101 e. The molecule has 2 unspecified atom stereocenters. The van der Waals surface area contributed by atoms with Crippen molar-refractivity contribution in [2.45, 2.75) is 37.9 Å². The van der Waals surface area contributed by atoms with Gasteiger partial charge in [-0.15, -0.1) is 23.2 Å². The summed E-state index contributed by atoms with van der Waals surface area (Å²) in [6, 6.07) is 0. The quantitative estimate of drug-likeness (QED) is 0.600. The summed E-state index contributed by atoms with van der Waals surface area (Å²) in [4.78, 5) is 0. The highest BCUT2D eigenvalue weighted by Crippen LogP contribution is 2.64. The number of halogens is 2. The number of hydrogen-bond donors (Lipinski definition) is 0. The first kappa shape index (κ1) is 9.67. The molecule has 2 atom stereocenters. The minimum absolute atomic E-state index is 0.399. The van der Waals surface area contributed by atoms with E-state index in [1.54, 1.807) is 0 Å². The van der Waals surface area contributed by atoms with Crippen molar-refractivity contribution in [2.24, 2.45) is 17.8 Å². The minimum atomic E-state index is -0.399. The lowest BCUT2D eigenvalue weighted by molar-refractivity contribution is 0.500. The van der Waals surface area contributed by atoms with Gasteiger partial charge in [0.2, 0.25) is 0 Å². The van der Waals surface area contributed by atoms with E-state index >= 15 is 0 Å². The second-order valence-electron chi connectivity index (χ2n) is 3.84. The van der Waals surface area contributed by atoms with Gasteiger partial charge >= 0.3 is 0 Å². The van der Waals surface area contributed by atoms with E-state index in [9.17, 15) is 0 Å². The molecule has 0 saturated heterocycles. The van der Waals surface area contributed by atoms with Gasteiger partial charge in [0.1, 0.15) is 4.33 Å². The largest absolute Gasteiger partial charge is 0.124 e. The number of alkyl halides is 2. The van der Waals surface area contributed by atoms with E-state index in [1.807, 2.05) is 0 Å². The fraction of sp³-hybridized carbons (Fsp3) is 1.00. The van der Waals surface area contributed by atoms with Crippen LogP contribution in [0, 0.1) is 17.8 Å². The summed E-state index contributed by atoms with van der Waals surface area (Å²) in [7, 11) is 0. The Morgan fingerprint density at radius 3 is 2.18 bits per heavy atom. The van der Waals surface area contributed by atoms with Gasteiger partial charge in [0.25, 0.3) is 0 Å². The van der Waals surface area contributed by atoms with Crippen molar-refractivity contribution in [3.8, 4) is 0 Å². The lowest BCUT2D eigenvalue weighted by Crippen LogP contribution is -1.97. The predicted molar refractivity (Wildman–Crippen MR) is 51.2 cm³/mol. The van der Waals surface area contributed by atoms with E-state index in [0.29, 0.717) is 17.8 Å². The molecule has 0 nitrogen and oxygen atoms in total. The van der Waals surface area contributed by atoms with Gasteiger partial charge in [0.05, 0.1) is 0 Å². The first-order chi connectivity index (χ1) is 5.01. The maximum Gasteiger partial charge on any atom is 0.124 e. The molecule has 0 aliphatic heterocycles. The summed E-state index contributed by atoms with van der Waals surface area (Å²) in [5, 5.41) is 0. The summed E-state index contributed by atoms with van der Waals surface area (Å²) in [5.41, 5.74) is 0. The summed E-state index contributed by atoms with van der Waals surface area (Å²) < 4.78 is -0.399. The zero-order chi connectivity index (χ0) is 8.65. The molecule has 0 amide bonds. The van der Waals surface area contributed by atoms with Gasteiger partial charge in [-0.2, -0.15) is 0 Å².